The van der Waals surface area contributed by atoms with Gasteiger partial charge in [-0.1, -0.05) is 11.6 Å². The molecule has 1 aliphatic heterocycles. The number of hydrogen-bond donors (Lipinski definition) is 3. The summed E-state index contributed by atoms with van der Waals surface area (Å²) in [6, 6.07) is 8.70. The summed E-state index contributed by atoms with van der Waals surface area (Å²) in [6.45, 7) is 0.301. The highest BCUT2D eigenvalue weighted by Gasteiger charge is 2.57. The Bertz CT molecular complexity index is 1250. The molecule has 1 aromatic carbocycles. The Morgan fingerprint density at radius 2 is 1.97 bits per heavy atom. The molecule has 1 amide bonds. The second-order valence-electron chi connectivity index (χ2n) is 8.09. The number of nitrogens with zero attached hydrogens (tertiary/aromatic N) is 1. The van der Waals surface area contributed by atoms with Crippen LogP contribution in [0, 0.1) is 5.82 Å². The number of aliphatic hydroxyl groups is 1. The van der Waals surface area contributed by atoms with E-state index in [1.54, 1.807) is 6.92 Å². The van der Waals surface area contributed by atoms with Crippen LogP contribution in [0.2, 0.25) is 4.34 Å². The summed E-state index contributed by atoms with van der Waals surface area (Å²) in [5.41, 5.74) is 1.11. The number of nitrogens with two attached hydrogens (primary N) is 1. The van der Waals surface area contributed by atoms with E-state index in [1.165, 1.54) is 24.3 Å². The number of nitrogens with one attached hydrogen (secondary N) is 1. The molecule has 3 aromatic rings. The van der Waals surface area contributed by atoms with Gasteiger partial charge in [-0.3, -0.25) is 4.79 Å². The number of carbonyl (C=O) groups is 1. The lowest BCUT2D eigenvalue weighted by Crippen LogP contribution is -2.51. The first-order valence-corrected chi connectivity index (χ1v) is 11.1. The third-order valence-electron chi connectivity index (χ3n) is 5.42. The van der Waals surface area contributed by atoms with Gasteiger partial charge in [0, 0.05) is 11.1 Å². The molecule has 0 radical (unpaired) electrons. The summed E-state index contributed by atoms with van der Waals surface area (Å²) in [6.07, 6.45) is -5.22. The van der Waals surface area contributed by atoms with Gasteiger partial charge in [0.05, 0.1) is 27.0 Å². The van der Waals surface area contributed by atoms with Gasteiger partial charge in [-0.25, -0.2) is 9.37 Å². The summed E-state index contributed by atoms with van der Waals surface area (Å²) in [5, 5.41) is 13.0. The predicted molar refractivity (Wildman–Crippen MR) is 118 cm³/mol. The Balaban J connectivity index is 1.81. The minimum absolute atomic E-state index is 0.0397. The number of ether oxygens (including phenoxy) is 1. The van der Waals surface area contributed by atoms with Crippen LogP contribution in [-0.2, 0) is 11.1 Å². The van der Waals surface area contributed by atoms with E-state index >= 15 is 0 Å². The fourth-order valence-corrected chi connectivity index (χ4v) is 4.45. The maximum atomic E-state index is 14.2. The Morgan fingerprint density at radius 1 is 1.29 bits per heavy atom. The quantitative estimate of drug-likeness (QED) is 0.439. The second kappa shape index (κ2) is 8.49. The number of halogens is 5. The summed E-state index contributed by atoms with van der Waals surface area (Å²) in [4.78, 5) is 16.5. The van der Waals surface area contributed by atoms with Gasteiger partial charge in [0.25, 0.3) is 5.91 Å². The third kappa shape index (κ3) is 4.36. The van der Waals surface area contributed by atoms with Crippen LogP contribution in [0.4, 0.5) is 17.6 Å². The van der Waals surface area contributed by atoms with Crippen molar-refractivity contribution in [1.82, 2.24) is 10.3 Å². The molecule has 0 unspecified atom stereocenters. The predicted octanol–water partition coefficient (Wildman–Crippen LogP) is 4.35. The molecular formula is C22H18ClF4N3O3S. The fourth-order valence-electron chi connectivity index (χ4n) is 3.49. The maximum absolute atomic E-state index is 14.2. The molecule has 1 aliphatic rings. The van der Waals surface area contributed by atoms with Gasteiger partial charge >= 0.3 is 6.18 Å². The molecule has 4 N–H and O–H groups in total. The molecule has 180 valence electrons. The Morgan fingerprint density at radius 3 is 2.56 bits per heavy atom. The van der Waals surface area contributed by atoms with Crippen molar-refractivity contribution in [3.8, 4) is 17.0 Å². The van der Waals surface area contributed by atoms with Gasteiger partial charge < -0.3 is 20.9 Å². The van der Waals surface area contributed by atoms with E-state index < -0.39 is 41.3 Å². The average Bonchev–Trinajstić information content (AvgIpc) is 3.34. The molecule has 4 rings (SSSR count). The smallest absolute Gasteiger partial charge is 0.424 e. The highest BCUT2D eigenvalue weighted by atomic mass is 35.5. The van der Waals surface area contributed by atoms with Crippen LogP contribution in [-0.4, -0.2) is 35.3 Å². The number of amides is 1. The lowest BCUT2D eigenvalue weighted by atomic mass is 9.89. The highest BCUT2D eigenvalue weighted by molar-refractivity contribution is 7.18. The van der Waals surface area contributed by atoms with E-state index in [-0.39, 0.29) is 38.4 Å². The molecule has 6 nitrogen and oxygen atoms in total. The Labute approximate surface area is 200 Å². The van der Waals surface area contributed by atoms with Gasteiger partial charge in [-0.15, -0.1) is 11.3 Å². The Hall–Kier alpha value is -2.73. The molecule has 0 bridgehead atoms. The molecule has 0 aliphatic carbocycles. The van der Waals surface area contributed by atoms with E-state index in [0.717, 1.165) is 29.5 Å². The molecule has 0 spiro atoms. The van der Waals surface area contributed by atoms with Gasteiger partial charge in [0.2, 0.25) is 5.60 Å². The van der Waals surface area contributed by atoms with E-state index in [0.29, 0.717) is 0 Å². The SMILES string of the molecule is C[C@@]1(N)COc2c1cc([C@](O)(CNC(=O)c1ccc(Cl)s1)C(F)(F)F)nc2-c1ccc(F)cc1. The minimum atomic E-state index is -5.22. The number of rotatable bonds is 5. The first-order valence-electron chi connectivity index (χ1n) is 9.88. The van der Waals surface area contributed by atoms with E-state index in [9.17, 15) is 27.5 Å². The summed E-state index contributed by atoms with van der Waals surface area (Å²) in [7, 11) is 0. The monoisotopic (exact) mass is 515 g/mol. The van der Waals surface area contributed by atoms with Crippen molar-refractivity contribution >= 4 is 28.8 Å². The molecule has 3 heterocycles. The van der Waals surface area contributed by atoms with Gasteiger partial charge in [0.15, 0.2) is 5.75 Å². The highest BCUT2D eigenvalue weighted by Crippen LogP contribution is 2.46. The van der Waals surface area contributed by atoms with Crippen LogP contribution in [0.5, 0.6) is 5.75 Å². The first-order chi connectivity index (χ1) is 15.8. The van der Waals surface area contributed by atoms with Crippen LogP contribution >= 0.6 is 22.9 Å². The summed E-state index contributed by atoms with van der Waals surface area (Å²) < 4.78 is 62.0. The average molecular weight is 516 g/mol. The van der Waals surface area contributed by atoms with Crippen LogP contribution < -0.4 is 15.8 Å². The first kappa shape index (κ1) is 24.4. The fraction of sp³-hybridized carbons (Fsp3) is 0.273. The van der Waals surface area contributed by atoms with Crippen molar-refractivity contribution in [2.75, 3.05) is 13.2 Å². The van der Waals surface area contributed by atoms with Crippen molar-refractivity contribution in [3.63, 3.8) is 0 Å². The van der Waals surface area contributed by atoms with E-state index in [2.05, 4.69) is 10.3 Å². The van der Waals surface area contributed by atoms with Crippen LogP contribution in [0.25, 0.3) is 11.3 Å². The number of benzene rings is 1. The minimum Gasteiger partial charge on any atom is -0.489 e. The van der Waals surface area contributed by atoms with Crippen molar-refractivity contribution < 1.29 is 32.2 Å². The van der Waals surface area contributed by atoms with Crippen LogP contribution in [0.15, 0.2) is 42.5 Å². The van der Waals surface area contributed by atoms with Crippen LogP contribution in [0.3, 0.4) is 0 Å². The van der Waals surface area contributed by atoms with Crippen molar-refractivity contribution in [2.24, 2.45) is 5.73 Å². The number of pyridine rings is 1. The number of thiophene rings is 1. The topological polar surface area (TPSA) is 97.5 Å². The number of hydrogen-bond acceptors (Lipinski definition) is 6. The number of carbonyl (C=O) groups excluding carboxylic acids is 1. The molecule has 0 fully saturated rings. The zero-order chi connectivity index (χ0) is 24.9. The molecule has 34 heavy (non-hydrogen) atoms. The standard InChI is InChI=1S/C22H18ClF4N3O3S/c1-20(28)10-33-18-13(20)8-15(30-17(18)11-2-4-12(24)5-3-11)21(32,22(25,26)27)9-29-19(31)14-6-7-16(23)34-14/h2-8,32H,9-10,28H2,1H3,(H,29,31)/t20-,21-/m1/s1. The summed E-state index contributed by atoms with van der Waals surface area (Å²) >= 11 is 6.66. The molecule has 2 atom stereocenters. The van der Waals surface area contributed by atoms with Crippen molar-refractivity contribution in [3.05, 3.63) is 68.8 Å². The molecule has 0 saturated carbocycles. The number of aromatic nitrogens is 1. The third-order valence-corrected chi connectivity index (χ3v) is 6.65. The van der Waals surface area contributed by atoms with Gasteiger partial charge in [-0.2, -0.15) is 13.2 Å². The molecular weight excluding hydrogens is 498 g/mol. The van der Waals surface area contributed by atoms with Crippen molar-refractivity contribution in [1.29, 1.82) is 0 Å². The molecule has 12 heteroatoms. The zero-order valence-corrected chi connectivity index (χ0v) is 19.1. The van der Waals surface area contributed by atoms with Crippen LogP contribution in [0.1, 0.15) is 27.9 Å². The van der Waals surface area contributed by atoms with Gasteiger partial charge in [0.1, 0.15) is 18.1 Å². The van der Waals surface area contributed by atoms with Crippen molar-refractivity contribution in [2.45, 2.75) is 24.2 Å². The molecule has 2 aromatic heterocycles. The zero-order valence-electron chi connectivity index (χ0n) is 17.5. The largest absolute Gasteiger partial charge is 0.489 e. The maximum Gasteiger partial charge on any atom is 0.424 e. The van der Waals surface area contributed by atoms with Gasteiger partial charge in [-0.05, 0) is 49.4 Å². The second-order valence-corrected chi connectivity index (χ2v) is 9.81. The normalized spacial score (nSPS) is 19.3. The number of alkyl halides is 3. The summed E-state index contributed by atoms with van der Waals surface area (Å²) in [5.74, 6) is -1.25. The van der Waals surface area contributed by atoms with E-state index in [4.69, 9.17) is 22.1 Å². The molecule has 0 saturated heterocycles. The number of fused-ring (bicyclic) bond motifs is 1. The van der Waals surface area contributed by atoms with E-state index in [1.807, 2.05) is 0 Å². The lowest BCUT2D eigenvalue weighted by Gasteiger charge is -2.31. The lowest BCUT2D eigenvalue weighted by molar-refractivity contribution is -0.265. The Kier molecular flexibility index (Phi) is 6.09.